The van der Waals surface area contributed by atoms with Crippen molar-refractivity contribution >= 4 is 17.4 Å². The summed E-state index contributed by atoms with van der Waals surface area (Å²) in [4.78, 5) is 4.36. The highest BCUT2D eigenvalue weighted by molar-refractivity contribution is 6.31. The monoisotopic (exact) mass is 264 g/mol. The van der Waals surface area contributed by atoms with Gasteiger partial charge in [0.1, 0.15) is 5.82 Å². The van der Waals surface area contributed by atoms with Crippen molar-refractivity contribution in [2.75, 3.05) is 11.9 Å². The van der Waals surface area contributed by atoms with Crippen LogP contribution in [0, 0.1) is 6.92 Å². The Bertz CT molecular complexity index is 521. The first kappa shape index (κ1) is 12.9. The van der Waals surface area contributed by atoms with Gasteiger partial charge in [-0.2, -0.15) is 5.10 Å². The first-order chi connectivity index (χ1) is 8.72. The normalized spacial score (nSPS) is 10.6. The number of hydrogen-bond donors (Lipinski definition) is 1. The van der Waals surface area contributed by atoms with Gasteiger partial charge in [-0.15, -0.1) is 0 Å². The standard InChI is InChI=1S/C13H17ClN4/c1-3-6-15-13-11(5-4-7-16-13)9-18-10(2)12(14)8-17-18/h4-5,7-8H,3,6,9H2,1-2H3,(H,15,16). The molecular weight excluding hydrogens is 248 g/mol. The lowest BCUT2D eigenvalue weighted by Gasteiger charge is -2.11. The summed E-state index contributed by atoms with van der Waals surface area (Å²) in [5.41, 5.74) is 2.09. The third kappa shape index (κ3) is 2.82. The summed E-state index contributed by atoms with van der Waals surface area (Å²) >= 11 is 6.00. The van der Waals surface area contributed by atoms with Crippen LogP contribution in [0.1, 0.15) is 24.6 Å². The molecule has 0 amide bonds. The van der Waals surface area contributed by atoms with Crippen LogP contribution in [-0.4, -0.2) is 21.3 Å². The van der Waals surface area contributed by atoms with Crippen molar-refractivity contribution in [1.29, 1.82) is 0 Å². The molecule has 2 rings (SSSR count). The van der Waals surface area contributed by atoms with E-state index in [0.717, 1.165) is 30.0 Å². The first-order valence-electron chi connectivity index (χ1n) is 6.08. The molecule has 0 aromatic carbocycles. The van der Waals surface area contributed by atoms with Crippen LogP contribution < -0.4 is 5.32 Å². The molecule has 0 bridgehead atoms. The second-order valence-corrected chi connectivity index (χ2v) is 4.58. The highest BCUT2D eigenvalue weighted by Crippen LogP contribution is 2.17. The molecule has 0 radical (unpaired) electrons. The Kier molecular flexibility index (Phi) is 4.20. The fourth-order valence-electron chi connectivity index (χ4n) is 1.71. The van der Waals surface area contributed by atoms with Gasteiger partial charge in [0.15, 0.2) is 0 Å². The van der Waals surface area contributed by atoms with Crippen LogP contribution >= 0.6 is 11.6 Å². The Balaban J connectivity index is 2.20. The Morgan fingerprint density at radius 2 is 2.28 bits per heavy atom. The minimum atomic E-state index is 0.679. The molecule has 4 nitrogen and oxygen atoms in total. The lowest BCUT2D eigenvalue weighted by atomic mass is 10.2. The van der Waals surface area contributed by atoms with Gasteiger partial charge in [-0.1, -0.05) is 24.6 Å². The van der Waals surface area contributed by atoms with Crippen molar-refractivity contribution in [2.45, 2.75) is 26.8 Å². The summed E-state index contributed by atoms with van der Waals surface area (Å²) < 4.78 is 1.89. The molecule has 96 valence electrons. The topological polar surface area (TPSA) is 42.7 Å². The average molecular weight is 265 g/mol. The van der Waals surface area contributed by atoms with Crippen molar-refractivity contribution in [3.8, 4) is 0 Å². The Labute approximate surface area is 112 Å². The fourth-order valence-corrected chi connectivity index (χ4v) is 1.85. The largest absolute Gasteiger partial charge is 0.370 e. The van der Waals surface area contributed by atoms with Gasteiger partial charge in [-0.25, -0.2) is 4.98 Å². The molecule has 2 heterocycles. The first-order valence-corrected chi connectivity index (χ1v) is 6.46. The van der Waals surface area contributed by atoms with Crippen LogP contribution in [0.3, 0.4) is 0 Å². The second kappa shape index (κ2) is 5.87. The zero-order valence-corrected chi connectivity index (χ0v) is 11.4. The van der Waals surface area contributed by atoms with Crippen molar-refractivity contribution < 1.29 is 0 Å². The summed E-state index contributed by atoms with van der Waals surface area (Å²) in [6, 6.07) is 3.99. The molecule has 0 aliphatic heterocycles. The van der Waals surface area contributed by atoms with E-state index in [1.54, 1.807) is 12.4 Å². The van der Waals surface area contributed by atoms with Gasteiger partial charge in [0, 0.05) is 18.3 Å². The van der Waals surface area contributed by atoms with Crippen molar-refractivity contribution in [3.63, 3.8) is 0 Å². The van der Waals surface area contributed by atoms with E-state index in [1.807, 2.05) is 17.7 Å². The summed E-state index contributed by atoms with van der Waals surface area (Å²) in [6.07, 6.45) is 4.54. The minimum absolute atomic E-state index is 0.679. The van der Waals surface area contributed by atoms with E-state index >= 15 is 0 Å². The SMILES string of the molecule is CCCNc1ncccc1Cn1ncc(Cl)c1C. The van der Waals surface area contributed by atoms with E-state index in [2.05, 4.69) is 28.4 Å². The summed E-state index contributed by atoms with van der Waals surface area (Å²) in [6.45, 7) is 5.69. The quantitative estimate of drug-likeness (QED) is 0.902. The van der Waals surface area contributed by atoms with Crippen LogP contribution in [0.15, 0.2) is 24.5 Å². The number of anilines is 1. The number of nitrogens with one attached hydrogen (secondary N) is 1. The minimum Gasteiger partial charge on any atom is -0.370 e. The van der Waals surface area contributed by atoms with Crippen molar-refractivity contribution in [1.82, 2.24) is 14.8 Å². The predicted molar refractivity (Wildman–Crippen MR) is 74.1 cm³/mol. The summed E-state index contributed by atoms with van der Waals surface area (Å²) in [5, 5.41) is 8.28. The Morgan fingerprint density at radius 1 is 1.44 bits per heavy atom. The number of rotatable bonds is 5. The molecular formula is C13H17ClN4. The van der Waals surface area contributed by atoms with E-state index in [-0.39, 0.29) is 0 Å². The average Bonchev–Trinajstić information content (AvgIpc) is 2.70. The third-order valence-electron chi connectivity index (χ3n) is 2.80. The molecule has 0 spiro atoms. The van der Waals surface area contributed by atoms with Gasteiger partial charge in [-0.3, -0.25) is 4.68 Å². The van der Waals surface area contributed by atoms with E-state index in [4.69, 9.17) is 11.6 Å². The van der Waals surface area contributed by atoms with Crippen LogP contribution in [0.25, 0.3) is 0 Å². The number of halogens is 1. The van der Waals surface area contributed by atoms with Crippen LogP contribution in [0.5, 0.6) is 0 Å². The molecule has 0 unspecified atom stereocenters. The summed E-state index contributed by atoms with van der Waals surface area (Å²) in [7, 11) is 0. The number of aromatic nitrogens is 3. The van der Waals surface area contributed by atoms with Gasteiger partial charge in [-0.05, 0) is 19.4 Å². The van der Waals surface area contributed by atoms with Gasteiger partial charge >= 0.3 is 0 Å². The number of nitrogens with zero attached hydrogens (tertiary/aromatic N) is 3. The van der Waals surface area contributed by atoms with Gasteiger partial charge in [0.2, 0.25) is 0 Å². The number of hydrogen-bond acceptors (Lipinski definition) is 3. The van der Waals surface area contributed by atoms with Gasteiger partial charge in [0.25, 0.3) is 0 Å². The molecule has 18 heavy (non-hydrogen) atoms. The second-order valence-electron chi connectivity index (χ2n) is 4.17. The zero-order valence-electron chi connectivity index (χ0n) is 10.7. The molecule has 5 heteroatoms. The predicted octanol–water partition coefficient (Wildman–Crippen LogP) is 3.11. The van der Waals surface area contributed by atoms with E-state index in [9.17, 15) is 0 Å². The third-order valence-corrected chi connectivity index (χ3v) is 3.17. The smallest absolute Gasteiger partial charge is 0.131 e. The maximum Gasteiger partial charge on any atom is 0.131 e. The Hall–Kier alpha value is -1.55. The summed E-state index contributed by atoms with van der Waals surface area (Å²) in [5.74, 6) is 0.922. The molecule has 0 saturated carbocycles. The lowest BCUT2D eigenvalue weighted by Crippen LogP contribution is -2.09. The zero-order chi connectivity index (χ0) is 13.0. The van der Waals surface area contributed by atoms with Crippen molar-refractivity contribution in [3.05, 3.63) is 40.8 Å². The molecule has 2 aromatic heterocycles. The molecule has 1 N–H and O–H groups in total. The number of pyridine rings is 1. The highest BCUT2D eigenvalue weighted by Gasteiger charge is 2.08. The van der Waals surface area contributed by atoms with Crippen LogP contribution in [-0.2, 0) is 6.54 Å². The molecule has 0 aliphatic carbocycles. The maximum atomic E-state index is 6.00. The highest BCUT2D eigenvalue weighted by atomic mass is 35.5. The van der Waals surface area contributed by atoms with E-state index in [0.29, 0.717) is 11.6 Å². The molecule has 0 saturated heterocycles. The lowest BCUT2D eigenvalue weighted by molar-refractivity contribution is 0.664. The molecule has 2 aromatic rings. The van der Waals surface area contributed by atoms with E-state index < -0.39 is 0 Å². The molecule has 0 fully saturated rings. The van der Waals surface area contributed by atoms with Gasteiger partial charge in [0.05, 0.1) is 23.5 Å². The molecule has 0 aliphatic rings. The van der Waals surface area contributed by atoms with E-state index in [1.165, 1.54) is 0 Å². The van der Waals surface area contributed by atoms with Gasteiger partial charge < -0.3 is 5.32 Å². The van der Waals surface area contributed by atoms with Crippen LogP contribution in [0.2, 0.25) is 5.02 Å². The maximum absolute atomic E-state index is 6.00. The van der Waals surface area contributed by atoms with Crippen LogP contribution in [0.4, 0.5) is 5.82 Å². The fraction of sp³-hybridized carbons (Fsp3) is 0.385. The van der Waals surface area contributed by atoms with Crippen molar-refractivity contribution in [2.24, 2.45) is 0 Å². The molecule has 0 atom stereocenters. The Morgan fingerprint density at radius 3 is 2.94 bits per heavy atom.